The van der Waals surface area contributed by atoms with Gasteiger partial charge in [-0.05, 0) is 18.2 Å². The molecular weight excluding hydrogens is 264 g/mol. The summed E-state index contributed by atoms with van der Waals surface area (Å²) in [5.74, 6) is -3.38. The van der Waals surface area contributed by atoms with Crippen molar-refractivity contribution in [2.45, 2.75) is 38.2 Å². The van der Waals surface area contributed by atoms with E-state index < -0.39 is 37.1 Å². The number of ether oxygens (including phenoxy) is 1. The van der Waals surface area contributed by atoms with Crippen LogP contribution in [0.3, 0.4) is 0 Å². The van der Waals surface area contributed by atoms with E-state index in [1.807, 2.05) is 0 Å². The van der Waals surface area contributed by atoms with E-state index in [-0.39, 0.29) is 6.61 Å². The summed E-state index contributed by atoms with van der Waals surface area (Å²) in [5, 5.41) is 10.2. The molecule has 1 aliphatic carbocycles. The monoisotopic (exact) mass is 284 g/mol. The molecule has 0 aromatic heterocycles. The van der Waals surface area contributed by atoms with Crippen molar-refractivity contribution in [1.82, 2.24) is 0 Å². The Morgan fingerprint density at radius 2 is 1.95 bits per heavy atom. The van der Waals surface area contributed by atoms with Crippen LogP contribution in [-0.2, 0) is 19.1 Å². The predicted octanol–water partition coefficient (Wildman–Crippen LogP) is 0.943. The van der Waals surface area contributed by atoms with Crippen LogP contribution < -0.4 is 0 Å². The first-order valence-electron chi connectivity index (χ1n) is 6.25. The van der Waals surface area contributed by atoms with Gasteiger partial charge in [0.05, 0.1) is 12.5 Å². The summed E-state index contributed by atoms with van der Waals surface area (Å²) in [5.41, 5.74) is -2.37. The Kier molecular flexibility index (Phi) is 4.47. The zero-order valence-electron chi connectivity index (χ0n) is 11.7. The van der Waals surface area contributed by atoms with Gasteiger partial charge in [0.1, 0.15) is 0 Å². The van der Waals surface area contributed by atoms with Crippen LogP contribution in [0.4, 0.5) is 0 Å². The number of hydrogen-bond donors (Lipinski definition) is 1. The molecule has 0 fully saturated rings. The highest BCUT2D eigenvalue weighted by atomic mass is 28.3. The van der Waals surface area contributed by atoms with Crippen molar-refractivity contribution < 1.29 is 24.2 Å². The van der Waals surface area contributed by atoms with Crippen LogP contribution in [0.2, 0.25) is 25.7 Å². The third kappa shape index (κ3) is 3.39. The second kappa shape index (κ2) is 5.38. The van der Waals surface area contributed by atoms with Crippen LogP contribution in [0.25, 0.3) is 0 Å². The van der Waals surface area contributed by atoms with Gasteiger partial charge in [-0.2, -0.15) is 0 Å². The first-order valence-corrected chi connectivity index (χ1v) is 9.95. The molecule has 0 aromatic carbocycles. The topological polar surface area (TPSA) is 80.7 Å². The van der Waals surface area contributed by atoms with Crippen LogP contribution >= 0.6 is 0 Å². The number of allylic oxidation sites excluding steroid dienone is 1. The number of ketones is 2. The van der Waals surface area contributed by atoms with Crippen molar-refractivity contribution in [2.24, 2.45) is 5.92 Å². The number of esters is 1. The first-order chi connectivity index (χ1) is 8.59. The lowest BCUT2D eigenvalue weighted by Crippen LogP contribution is -2.56. The number of hydrogen-bond acceptors (Lipinski definition) is 5. The summed E-state index contributed by atoms with van der Waals surface area (Å²) in [6.45, 7) is 7.88. The Morgan fingerprint density at radius 3 is 2.47 bits per heavy atom. The summed E-state index contributed by atoms with van der Waals surface area (Å²) >= 11 is 0. The zero-order chi connectivity index (χ0) is 14.8. The molecule has 0 amide bonds. The van der Waals surface area contributed by atoms with E-state index in [1.54, 1.807) is 0 Å². The Balaban J connectivity index is 2.77. The SMILES string of the molecule is C[C@@H]1C(=O)C=CC(=O)[C@]1(O)C(=O)OCC[Si](C)(C)C. The van der Waals surface area contributed by atoms with Crippen molar-refractivity contribution in [3.63, 3.8) is 0 Å². The molecule has 0 radical (unpaired) electrons. The second-order valence-corrected chi connectivity index (χ2v) is 11.7. The Bertz CT molecular complexity index is 435. The van der Waals surface area contributed by atoms with Gasteiger partial charge in [0.25, 0.3) is 0 Å². The molecule has 5 nitrogen and oxygen atoms in total. The summed E-state index contributed by atoms with van der Waals surface area (Å²) in [7, 11) is -1.37. The minimum atomic E-state index is -2.37. The van der Waals surface area contributed by atoms with Crippen molar-refractivity contribution in [3.8, 4) is 0 Å². The van der Waals surface area contributed by atoms with Crippen LogP contribution in [0.1, 0.15) is 6.92 Å². The standard InChI is InChI=1S/C13H20O5Si/c1-9-10(14)5-6-11(15)13(9,17)12(16)18-7-8-19(2,3)4/h5-6,9,17H,7-8H2,1-4H3/t9-,13+/m1/s1. The van der Waals surface area contributed by atoms with Gasteiger partial charge in [-0.15, -0.1) is 0 Å². The van der Waals surface area contributed by atoms with E-state index in [1.165, 1.54) is 6.92 Å². The van der Waals surface area contributed by atoms with Gasteiger partial charge in [0.15, 0.2) is 11.6 Å². The van der Waals surface area contributed by atoms with Crippen molar-refractivity contribution >= 4 is 25.6 Å². The van der Waals surface area contributed by atoms with E-state index in [4.69, 9.17) is 4.74 Å². The third-order valence-electron chi connectivity index (χ3n) is 3.22. The van der Waals surface area contributed by atoms with E-state index >= 15 is 0 Å². The lowest BCUT2D eigenvalue weighted by atomic mass is 9.78. The maximum Gasteiger partial charge on any atom is 0.347 e. The van der Waals surface area contributed by atoms with E-state index in [2.05, 4.69) is 19.6 Å². The lowest BCUT2D eigenvalue weighted by Gasteiger charge is -2.30. The van der Waals surface area contributed by atoms with Crippen LogP contribution in [-0.4, -0.2) is 42.9 Å². The van der Waals surface area contributed by atoms with Gasteiger partial charge >= 0.3 is 5.97 Å². The average molecular weight is 284 g/mol. The number of carbonyl (C=O) groups is 3. The Labute approximate surface area is 113 Å². The molecule has 2 atom stereocenters. The summed E-state index contributed by atoms with van der Waals surface area (Å²) in [6.07, 6.45) is 2.01. The van der Waals surface area contributed by atoms with E-state index in [9.17, 15) is 19.5 Å². The minimum Gasteiger partial charge on any atom is -0.463 e. The molecule has 0 saturated carbocycles. The van der Waals surface area contributed by atoms with Crippen molar-refractivity contribution in [2.75, 3.05) is 6.61 Å². The van der Waals surface area contributed by atoms with Gasteiger partial charge in [0, 0.05) is 8.07 Å². The summed E-state index contributed by atoms with van der Waals surface area (Å²) in [6, 6.07) is 0.737. The molecule has 0 aromatic rings. The van der Waals surface area contributed by atoms with E-state index in [0.29, 0.717) is 0 Å². The molecule has 106 valence electrons. The first kappa shape index (κ1) is 15.8. The zero-order valence-corrected chi connectivity index (χ0v) is 12.7. The van der Waals surface area contributed by atoms with Gasteiger partial charge in [-0.3, -0.25) is 9.59 Å². The highest BCUT2D eigenvalue weighted by Gasteiger charge is 2.53. The molecular formula is C13H20O5Si. The molecule has 19 heavy (non-hydrogen) atoms. The average Bonchev–Trinajstić information content (AvgIpc) is 2.29. The van der Waals surface area contributed by atoms with Gasteiger partial charge in [0.2, 0.25) is 5.60 Å². The second-order valence-electron chi connectivity index (χ2n) is 6.03. The smallest absolute Gasteiger partial charge is 0.347 e. The van der Waals surface area contributed by atoms with Gasteiger partial charge in [-0.1, -0.05) is 26.6 Å². The molecule has 1 rings (SSSR count). The molecule has 6 heteroatoms. The largest absolute Gasteiger partial charge is 0.463 e. The molecule has 0 bridgehead atoms. The Hall–Kier alpha value is -1.27. The molecule has 0 aliphatic heterocycles. The maximum absolute atomic E-state index is 11.9. The number of rotatable bonds is 4. The summed E-state index contributed by atoms with van der Waals surface area (Å²) < 4.78 is 4.99. The molecule has 1 aliphatic rings. The highest BCUT2D eigenvalue weighted by Crippen LogP contribution is 2.26. The fraction of sp³-hybridized carbons (Fsp3) is 0.615. The van der Waals surface area contributed by atoms with Gasteiger partial charge in [-0.25, -0.2) is 4.79 Å². The molecule has 0 saturated heterocycles. The third-order valence-corrected chi connectivity index (χ3v) is 4.93. The molecule has 0 heterocycles. The van der Waals surface area contributed by atoms with Crippen LogP contribution in [0, 0.1) is 5.92 Å². The lowest BCUT2D eigenvalue weighted by molar-refractivity contribution is -0.176. The highest BCUT2D eigenvalue weighted by molar-refractivity contribution is 6.76. The van der Waals surface area contributed by atoms with Crippen molar-refractivity contribution in [1.29, 1.82) is 0 Å². The van der Waals surface area contributed by atoms with Crippen LogP contribution in [0.5, 0.6) is 0 Å². The predicted molar refractivity (Wildman–Crippen MR) is 72.4 cm³/mol. The minimum absolute atomic E-state index is 0.161. The Morgan fingerprint density at radius 1 is 1.37 bits per heavy atom. The molecule has 1 N–H and O–H groups in total. The molecule has 0 unspecified atom stereocenters. The normalized spacial score (nSPS) is 27.5. The maximum atomic E-state index is 11.9. The van der Waals surface area contributed by atoms with Gasteiger partial charge < -0.3 is 9.84 Å². The quantitative estimate of drug-likeness (QED) is 0.472. The number of carbonyl (C=O) groups excluding carboxylic acids is 3. The summed E-state index contributed by atoms with van der Waals surface area (Å²) in [4.78, 5) is 35.1. The van der Waals surface area contributed by atoms with Crippen LogP contribution in [0.15, 0.2) is 12.2 Å². The molecule has 0 spiro atoms. The fourth-order valence-corrected chi connectivity index (χ4v) is 2.40. The number of aliphatic hydroxyl groups is 1. The fourth-order valence-electron chi connectivity index (χ4n) is 1.69. The van der Waals surface area contributed by atoms with Crippen molar-refractivity contribution in [3.05, 3.63) is 12.2 Å². The van der Waals surface area contributed by atoms with E-state index in [0.717, 1.165) is 18.2 Å².